The number of aromatic nitrogens is 1. The van der Waals surface area contributed by atoms with Crippen LogP contribution >= 0.6 is 8.25 Å². The van der Waals surface area contributed by atoms with Gasteiger partial charge in [-0.25, -0.2) is 0 Å². The van der Waals surface area contributed by atoms with E-state index in [1.807, 2.05) is 12.3 Å². The first-order valence-electron chi connectivity index (χ1n) is 5.51. The van der Waals surface area contributed by atoms with Gasteiger partial charge in [-0.2, -0.15) is 0 Å². The van der Waals surface area contributed by atoms with Gasteiger partial charge in [-0.3, -0.25) is 0 Å². The van der Waals surface area contributed by atoms with Crippen LogP contribution in [0, 0.1) is 0 Å². The topological polar surface area (TPSA) is 12.9 Å². The summed E-state index contributed by atoms with van der Waals surface area (Å²) in [6.07, 6.45) is 4.13. The fourth-order valence-corrected chi connectivity index (χ4v) is 7.29. The monoisotopic (exact) mass is 417 g/mol. The summed E-state index contributed by atoms with van der Waals surface area (Å²) in [5.41, 5.74) is 5.35. The summed E-state index contributed by atoms with van der Waals surface area (Å²) in [6, 6.07) is 10.8. The van der Waals surface area contributed by atoms with Crippen molar-refractivity contribution >= 4 is 11.3 Å². The molecule has 3 heteroatoms. The summed E-state index contributed by atoms with van der Waals surface area (Å²) >= 11 is -1.38. The second-order valence-electron chi connectivity index (χ2n) is 4.10. The zero-order valence-electron chi connectivity index (χ0n) is 8.91. The third-order valence-corrected chi connectivity index (χ3v) is 9.11. The van der Waals surface area contributed by atoms with Crippen LogP contribution in [-0.2, 0) is 36.2 Å². The van der Waals surface area contributed by atoms with Gasteiger partial charge in [0.2, 0.25) is 0 Å². The van der Waals surface area contributed by atoms with Gasteiger partial charge in [0.25, 0.3) is 0 Å². The molecule has 0 N–H and O–H groups in total. The molecular weight excluding hydrogens is 406 g/mol. The average molecular weight is 416 g/mol. The molecule has 1 aromatic carbocycles. The normalized spacial score (nSPS) is 12.6. The van der Waals surface area contributed by atoms with Crippen molar-refractivity contribution in [1.29, 1.82) is 0 Å². The standard InChI is InChI=1S/C13H10N.ClH.Hg/c1-2-6-12-10(4-1)7-8-11-5-3-9-14-13(11)12;;/h1-5,9H,7-8H2;1H;/q;;+1/p-1. The molecule has 2 aromatic rings. The first kappa shape index (κ1) is 10.7. The SMILES string of the molecule is [Cl][Hg][c]1cccc2c1-c1ncccc1CC2. The molecule has 1 aromatic heterocycles. The Kier molecular flexibility index (Phi) is 2.99. The van der Waals surface area contributed by atoms with Gasteiger partial charge in [0.05, 0.1) is 0 Å². The summed E-state index contributed by atoms with van der Waals surface area (Å²) in [4.78, 5) is 4.55. The Morgan fingerprint density at radius 3 is 2.75 bits per heavy atom. The molecule has 1 aliphatic carbocycles. The van der Waals surface area contributed by atoms with E-state index in [9.17, 15) is 0 Å². The van der Waals surface area contributed by atoms with E-state index in [1.54, 1.807) is 0 Å². The molecule has 0 aliphatic heterocycles. The molecule has 0 bridgehead atoms. The molecule has 1 aliphatic rings. The first-order valence-corrected chi connectivity index (χ1v) is 15.0. The summed E-state index contributed by atoms with van der Waals surface area (Å²) in [5, 5.41) is 0. The van der Waals surface area contributed by atoms with Crippen molar-refractivity contribution in [2.75, 3.05) is 0 Å². The van der Waals surface area contributed by atoms with Crippen molar-refractivity contribution in [1.82, 2.24) is 4.98 Å². The van der Waals surface area contributed by atoms with E-state index in [-0.39, 0.29) is 0 Å². The van der Waals surface area contributed by atoms with E-state index in [4.69, 9.17) is 8.25 Å². The van der Waals surface area contributed by atoms with Crippen LogP contribution in [0.3, 0.4) is 0 Å². The maximum absolute atomic E-state index is 6.22. The number of hydrogen-bond donors (Lipinski definition) is 0. The molecule has 0 saturated heterocycles. The predicted molar refractivity (Wildman–Crippen MR) is 62.6 cm³/mol. The number of pyridine rings is 1. The molecule has 0 saturated carbocycles. The van der Waals surface area contributed by atoms with Crippen LogP contribution in [0.5, 0.6) is 0 Å². The molecule has 0 spiro atoms. The number of halogens is 1. The Balaban J connectivity index is 2.30. The molecule has 3 rings (SSSR count). The predicted octanol–water partition coefficient (Wildman–Crippen LogP) is 2.71. The molecule has 0 amide bonds. The molecule has 0 unspecified atom stereocenters. The maximum atomic E-state index is 6.22. The van der Waals surface area contributed by atoms with Crippen LogP contribution < -0.4 is 3.07 Å². The molecule has 16 heavy (non-hydrogen) atoms. The van der Waals surface area contributed by atoms with Crippen molar-refractivity contribution < 1.29 is 23.3 Å². The number of aryl methyl sites for hydroxylation is 2. The zero-order chi connectivity index (χ0) is 11.0. The second-order valence-corrected chi connectivity index (χ2v) is 10.4. The summed E-state index contributed by atoms with van der Waals surface area (Å²) in [7, 11) is 6.22. The Morgan fingerprint density at radius 1 is 1.06 bits per heavy atom. The minimum absolute atomic E-state index is 1.11. The van der Waals surface area contributed by atoms with Gasteiger partial charge in [-0.15, -0.1) is 0 Å². The average Bonchev–Trinajstić information content (AvgIpc) is 2.37. The van der Waals surface area contributed by atoms with Gasteiger partial charge < -0.3 is 0 Å². The van der Waals surface area contributed by atoms with Crippen molar-refractivity contribution in [3.63, 3.8) is 0 Å². The first-order chi connectivity index (χ1) is 7.90. The number of nitrogens with zero attached hydrogens (tertiary/aromatic N) is 1. The van der Waals surface area contributed by atoms with E-state index in [0.29, 0.717) is 0 Å². The van der Waals surface area contributed by atoms with E-state index < -0.39 is 23.3 Å². The second kappa shape index (κ2) is 4.46. The summed E-state index contributed by atoms with van der Waals surface area (Å²) in [5.74, 6) is 0. The molecular formula is C13H10ClHgN. The fourth-order valence-electron chi connectivity index (χ4n) is 2.41. The quantitative estimate of drug-likeness (QED) is 0.652. The van der Waals surface area contributed by atoms with Gasteiger partial charge in [0, 0.05) is 0 Å². The van der Waals surface area contributed by atoms with Gasteiger partial charge >= 0.3 is 111 Å². The van der Waals surface area contributed by atoms with E-state index >= 15 is 0 Å². The van der Waals surface area contributed by atoms with Crippen LogP contribution in [-0.4, -0.2) is 4.98 Å². The molecule has 0 radical (unpaired) electrons. The van der Waals surface area contributed by atoms with Crippen LogP contribution in [0.4, 0.5) is 0 Å². The number of benzene rings is 1. The fraction of sp³-hybridized carbons (Fsp3) is 0.154. The van der Waals surface area contributed by atoms with Crippen molar-refractivity contribution in [3.05, 3.63) is 47.7 Å². The third-order valence-electron chi connectivity index (χ3n) is 3.17. The van der Waals surface area contributed by atoms with Crippen molar-refractivity contribution in [2.24, 2.45) is 0 Å². The van der Waals surface area contributed by atoms with Gasteiger partial charge in [-0.1, -0.05) is 0 Å². The number of fused-ring (bicyclic) bond motifs is 3. The Labute approximate surface area is 111 Å². The summed E-state index contributed by atoms with van der Waals surface area (Å²) < 4.78 is 1.42. The van der Waals surface area contributed by atoms with Gasteiger partial charge in [0.1, 0.15) is 0 Å². The zero-order valence-corrected chi connectivity index (χ0v) is 15.2. The Bertz CT molecular complexity index is 525. The van der Waals surface area contributed by atoms with Crippen LogP contribution in [0.15, 0.2) is 36.5 Å². The van der Waals surface area contributed by atoms with E-state index in [2.05, 4.69) is 29.2 Å². The van der Waals surface area contributed by atoms with Crippen LogP contribution in [0.25, 0.3) is 11.3 Å². The van der Waals surface area contributed by atoms with E-state index in [1.165, 1.54) is 25.5 Å². The summed E-state index contributed by atoms with van der Waals surface area (Å²) in [6.45, 7) is 0. The van der Waals surface area contributed by atoms with Crippen molar-refractivity contribution in [2.45, 2.75) is 12.8 Å². The molecule has 0 fully saturated rings. The Hall–Kier alpha value is -0.405. The minimum atomic E-state index is -1.38. The molecule has 1 heterocycles. The van der Waals surface area contributed by atoms with Crippen molar-refractivity contribution in [3.8, 4) is 11.3 Å². The van der Waals surface area contributed by atoms with Crippen LogP contribution in [0.1, 0.15) is 11.1 Å². The van der Waals surface area contributed by atoms with E-state index in [0.717, 1.165) is 12.8 Å². The molecule has 0 atom stereocenters. The number of rotatable bonds is 1. The van der Waals surface area contributed by atoms with Crippen LogP contribution in [0.2, 0.25) is 0 Å². The molecule has 76 valence electrons. The number of hydrogen-bond acceptors (Lipinski definition) is 1. The Morgan fingerprint density at radius 2 is 1.88 bits per heavy atom. The third kappa shape index (κ3) is 1.70. The van der Waals surface area contributed by atoms with Gasteiger partial charge in [0.15, 0.2) is 0 Å². The molecule has 1 nitrogen and oxygen atoms in total. The van der Waals surface area contributed by atoms with Gasteiger partial charge in [-0.05, 0) is 0 Å².